The fraction of sp³-hybridized carbons (Fsp3) is 0.238. The number of nitrogens with one attached hydrogen (secondary N) is 1. The lowest BCUT2D eigenvalue weighted by atomic mass is 9.99. The molecule has 2 heterocycles. The third kappa shape index (κ3) is 3.99. The van der Waals surface area contributed by atoms with Crippen LogP contribution in [0.25, 0.3) is 11.5 Å². The fourth-order valence-corrected chi connectivity index (χ4v) is 3.91. The smallest absolute Gasteiger partial charge is 0.277 e. The van der Waals surface area contributed by atoms with Crippen molar-refractivity contribution in [3.8, 4) is 11.5 Å². The summed E-state index contributed by atoms with van der Waals surface area (Å²) in [5.74, 6) is 0.653. The number of benzene rings is 2. The predicted octanol–water partition coefficient (Wildman–Crippen LogP) is 4.21. The van der Waals surface area contributed by atoms with Gasteiger partial charge in [0.2, 0.25) is 11.8 Å². The number of nitrogens with zero attached hydrogens (tertiary/aromatic N) is 2. The first-order valence-electron chi connectivity index (χ1n) is 8.99. The summed E-state index contributed by atoms with van der Waals surface area (Å²) >= 11 is 1.23. The summed E-state index contributed by atoms with van der Waals surface area (Å²) < 4.78 is 5.71. The predicted molar refractivity (Wildman–Crippen MR) is 108 cm³/mol. The number of carbonyl (C=O) groups excluding carboxylic acids is 2. The standard InChI is InChI=1S/C21H19N3O3S/c1-12-7-13(2)9-16(8-12)20-23-24-21(27-20)28-11-18(25)15-3-5-17-14(10-15)4-6-19(26)22-17/h3,5,7-10H,4,6,11H2,1-2H3,(H,22,26). The van der Waals surface area contributed by atoms with E-state index in [9.17, 15) is 9.59 Å². The largest absolute Gasteiger partial charge is 0.411 e. The Kier molecular flexibility index (Phi) is 5.00. The molecular weight excluding hydrogens is 374 g/mol. The van der Waals surface area contributed by atoms with E-state index >= 15 is 0 Å². The number of anilines is 1. The number of aryl methyl sites for hydroxylation is 3. The van der Waals surface area contributed by atoms with Crippen LogP contribution < -0.4 is 5.32 Å². The molecule has 142 valence electrons. The summed E-state index contributed by atoms with van der Waals surface area (Å²) in [6.45, 7) is 4.04. The van der Waals surface area contributed by atoms with Crippen molar-refractivity contribution in [3.05, 3.63) is 58.7 Å². The summed E-state index contributed by atoms with van der Waals surface area (Å²) in [6.07, 6.45) is 1.10. The Morgan fingerprint density at radius 3 is 2.68 bits per heavy atom. The molecular formula is C21H19N3O3S. The Labute approximate surface area is 166 Å². The Hall–Kier alpha value is -2.93. The molecule has 6 nitrogen and oxygen atoms in total. The van der Waals surface area contributed by atoms with Gasteiger partial charge in [-0.15, -0.1) is 10.2 Å². The summed E-state index contributed by atoms with van der Waals surface area (Å²) in [7, 11) is 0. The van der Waals surface area contributed by atoms with Crippen LogP contribution in [0.3, 0.4) is 0 Å². The zero-order valence-electron chi connectivity index (χ0n) is 15.6. The van der Waals surface area contributed by atoms with Crippen molar-refractivity contribution in [1.29, 1.82) is 0 Å². The molecule has 0 fully saturated rings. The molecule has 1 aliphatic heterocycles. The molecule has 1 N–H and O–H groups in total. The van der Waals surface area contributed by atoms with Crippen LogP contribution in [0.15, 0.2) is 46.0 Å². The van der Waals surface area contributed by atoms with Crippen LogP contribution in [-0.2, 0) is 11.2 Å². The summed E-state index contributed by atoms with van der Waals surface area (Å²) in [6, 6.07) is 11.4. The van der Waals surface area contributed by atoms with Gasteiger partial charge in [-0.1, -0.05) is 29.0 Å². The lowest BCUT2D eigenvalue weighted by Gasteiger charge is -2.17. The van der Waals surface area contributed by atoms with Crippen molar-refractivity contribution in [2.45, 2.75) is 31.9 Å². The number of ketones is 1. The van der Waals surface area contributed by atoms with E-state index in [1.54, 1.807) is 12.1 Å². The van der Waals surface area contributed by atoms with Crippen molar-refractivity contribution in [2.24, 2.45) is 0 Å². The van der Waals surface area contributed by atoms with Crippen LogP contribution in [0.2, 0.25) is 0 Å². The van der Waals surface area contributed by atoms with E-state index in [1.165, 1.54) is 11.8 Å². The van der Waals surface area contributed by atoms with Gasteiger partial charge in [0, 0.05) is 23.2 Å². The topological polar surface area (TPSA) is 85.1 Å². The quantitative estimate of drug-likeness (QED) is 0.516. The third-order valence-corrected chi connectivity index (χ3v) is 5.34. The second-order valence-electron chi connectivity index (χ2n) is 6.88. The fourth-order valence-electron chi connectivity index (χ4n) is 3.25. The summed E-state index contributed by atoms with van der Waals surface area (Å²) in [5.41, 5.74) is 5.53. The Balaban J connectivity index is 1.43. The van der Waals surface area contributed by atoms with Crippen LogP contribution in [0.4, 0.5) is 5.69 Å². The number of thioether (sulfide) groups is 1. The maximum absolute atomic E-state index is 12.5. The van der Waals surface area contributed by atoms with E-state index in [0.29, 0.717) is 29.5 Å². The highest BCUT2D eigenvalue weighted by molar-refractivity contribution is 7.99. The molecule has 2 aromatic carbocycles. The van der Waals surface area contributed by atoms with Crippen molar-refractivity contribution in [3.63, 3.8) is 0 Å². The number of carbonyl (C=O) groups is 2. The van der Waals surface area contributed by atoms with Gasteiger partial charge in [0.15, 0.2) is 5.78 Å². The minimum Gasteiger partial charge on any atom is -0.411 e. The summed E-state index contributed by atoms with van der Waals surface area (Å²) in [4.78, 5) is 24.0. The van der Waals surface area contributed by atoms with Gasteiger partial charge >= 0.3 is 0 Å². The highest BCUT2D eigenvalue weighted by Crippen LogP contribution is 2.27. The molecule has 0 saturated carbocycles. The number of aromatic nitrogens is 2. The van der Waals surface area contributed by atoms with Gasteiger partial charge in [0.05, 0.1) is 5.75 Å². The second kappa shape index (κ2) is 7.59. The van der Waals surface area contributed by atoms with Gasteiger partial charge in [-0.3, -0.25) is 9.59 Å². The second-order valence-corrected chi connectivity index (χ2v) is 7.81. The molecule has 4 rings (SSSR count). The number of hydrogen-bond donors (Lipinski definition) is 1. The molecule has 0 spiro atoms. The molecule has 1 amide bonds. The van der Waals surface area contributed by atoms with Crippen LogP contribution in [0.5, 0.6) is 0 Å². The normalized spacial score (nSPS) is 13.1. The molecule has 0 atom stereocenters. The average Bonchev–Trinajstić information content (AvgIpc) is 3.14. The number of fused-ring (bicyclic) bond motifs is 1. The molecule has 3 aromatic rings. The third-order valence-electron chi connectivity index (χ3n) is 4.52. The first kappa shape index (κ1) is 18.4. The van der Waals surface area contributed by atoms with Crippen LogP contribution in [0, 0.1) is 13.8 Å². The lowest BCUT2D eigenvalue weighted by molar-refractivity contribution is -0.116. The van der Waals surface area contributed by atoms with Gasteiger partial charge in [0.25, 0.3) is 5.22 Å². The Morgan fingerprint density at radius 2 is 1.89 bits per heavy atom. The Bertz CT molecular complexity index is 1050. The van der Waals surface area contributed by atoms with E-state index in [1.807, 2.05) is 32.0 Å². The zero-order chi connectivity index (χ0) is 19.7. The monoisotopic (exact) mass is 393 g/mol. The van der Waals surface area contributed by atoms with E-state index in [-0.39, 0.29) is 17.4 Å². The molecule has 1 aromatic heterocycles. The number of rotatable bonds is 5. The molecule has 28 heavy (non-hydrogen) atoms. The first-order valence-corrected chi connectivity index (χ1v) is 9.97. The van der Waals surface area contributed by atoms with Gasteiger partial charge in [-0.05, 0) is 56.2 Å². The number of Topliss-reactive ketones (excluding diaryl/α,β-unsaturated/α-hetero) is 1. The molecule has 0 saturated heterocycles. The van der Waals surface area contributed by atoms with Gasteiger partial charge in [0.1, 0.15) is 0 Å². The van der Waals surface area contributed by atoms with Crippen molar-refractivity contribution >= 4 is 29.1 Å². The SMILES string of the molecule is Cc1cc(C)cc(-c2nnc(SCC(=O)c3ccc4c(c3)CCC(=O)N4)o2)c1. The van der Waals surface area contributed by atoms with E-state index in [0.717, 1.165) is 27.9 Å². The van der Waals surface area contributed by atoms with Crippen molar-refractivity contribution in [2.75, 3.05) is 11.1 Å². The number of hydrogen-bond acceptors (Lipinski definition) is 6. The average molecular weight is 393 g/mol. The van der Waals surface area contributed by atoms with Crippen molar-refractivity contribution in [1.82, 2.24) is 10.2 Å². The molecule has 1 aliphatic rings. The minimum atomic E-state index is -0.0177. The Morgan fingerprint density at radius 1 is 1.11 bits per heavy atom. The summed E-state index contributed by atoms with van der Waals surface area (Å²) in [5, 5.41) is 11.3. The van der Waals surface area contributed by atoms with E-state index < -0.39 is 0 Å². The zero-order valence-corrected chi connectivity index (χ0v) is 16.4. The van der Waals surface area contributed by atoms with Crippen LogP contribution >= 0.6 is 11.8 Å². The van der Waals surface area contributed by atoms with Gasteiger partial charge in [-0.2, -0.15) is 0 Å². The highest BCUT2D eigenvalue weighted by Gasteiger charge is 2.18. The molecule has 0 aliphatic carbocycles. The van der Waals surface area contributed by atoms with Crippen LogP contribution in [0.1, 0.15) is 33.5 Å². The van der Waals surface area contributed by atoms with Gasteiger partial charge in [-0.25, -0.2) is 0 Å². The molecule has 0 radical (unpaired) electrons. The van der Waals surface area contributed by atoms with Crippen LogP contribution in [-0.4, -0.2) is 27.6 Å². The van der Waals surface area contributed by atoms with Gasteiger partial charge < -0.3 is 9.73 Å². The molecule has 7 heteroatoms. The number of amides is 1. The lowest BCUT2D eigenvalue weighted by Crippen LogP contribution is -2.19. The van der Waals surface area contributed by atoms with E-state index in [4.69, 9.17) is 4.42 Å². The maximum atomic E-state index is 12.5. The van der Waals surface area contributed by atoms with Crippen molar-refractivity contribution < 1.29 is 14.0 Å². The molecule has 0 bridgehead atoms. The highest BCUT2D eigenvalue weighted by atomic mass is 32.2. The van der Waals surface area contributed by atoms with E-state index in [2.05, 4.69) is 21.6 Å². The molecule has 0 unspecified atom stereocenters. The first-order chi connectivity index (χ1) is 13.5. The minimum absolute atomic E-state index is 0.0122. The maximum Gasteiger partial charge on any atom is 0.277 e.